The normalized spacial score (nSPS) is 13.4. The van der Waals surface area contributed by atoms with E-state index in [0.717, 1.165) is 6.26 Å². The Morgan fingerprint density at radius 3 is 2.74 bits per heavy atom. The molecule has 0 saturated heterocycles. The van der Waals surface area contributed by atoms with E-state index < -0.39 is 9.84 Å². The molecule has 0 amide bonds. The zero-order valence-corrected chi connectivity index (χ0v) is 11.5. The number of nitrogens with two attached hydrogens (primary N) is 1. The number of nitrogens with zero attached hydrogens (tertiary/aromatic N) is 2. The van der Waals surface area contributed by atoms with Gasteiger partial charge in [0, 0.05) is 11.8 Å². The third-order valence-electron chi connectivity index (χ3n) is 2.71. The van der Waals surface area contributed by atoms with Crippen LogP contribution in [0.25, 0.3) is 11.5 Å². The van der Waals surface area contributed by atoms with Gasteiger partial charge in [0.05, 0.1) is 10.9 Å². The molecular weight excluding hydrogens is 266 g/mol. The van der Waals surface area contributed by atoms with Crippen LogP contribution < -0.4 is 5.73 Å². The molecule has 2 N–H and O–H groups in total. The molecular formula is C12H15N3O3S. The van der Waals surface area contributed by atoms with Gasteiger partial charge in [-0.3, -0.25) is 0 Å². The first-order valence-corrected chi connectivity index (χ1v) is 7.70. The standard InChI is InChI=1S/C12H15N3O3S/c1-3-10(13)12-15-14-11(18-12)8-5-4-6-9(7-8)19(2,16)17/h4-7,10H,3,13H2,1-2H3. The molecule has 19 heavy (non-hydrogen) atoms. The Hall–Kier alpha value is -1.73. The Labute approximate surface area is 111 Å². The minimum Gasteiger partial charge on any atom is -0.419 e. The summed E-state index contributed by atoms with van der Waals surface area (Å²) in [6, 6.07) is 6.07. The molecule has 0 aliphatic carbocycles. The summed E-state index contributed by atoms with van der Waals surface area (Å²) in [6.45, 7) is 1.92. The predicted octanol–water partition coefficient (Wildman–Crippen LogP) is 1.55. The molecule has 1 atom stereocenters. The van der Waals surface area contributed by atoms with Crippen molar-refractivity contribution >= 4 is 9.84 Å². The van der Waals surface area contributed by atoms with Crippen LogP contribution in [-0.2, 0) is 9.84 Å². The van der Waals surface area contributed by atoms with E-state index in [9.17, 15) is 8.42 Å². The summed E-state index contributed by atoms with van der Waals surface area (Å²) in [5.41, 5.74) is 6.35. The topological polar surface area (TPSA) is 99.1 Å². The van der Waals surface area contributed by atoms with Crippen LogP contribution in [0, 0.1) is 0 Å². The van der Waals surface area contributed by atoms with E-state index in [0.29, 0.717) is 17.9 Å². The molecule has 6 nitrogen and oxygen atoms in total. The van der Waals surface area contributed by atoms with Gasteiger partial charge in [0.15, 0.2) is 9.84 Å². The monoisotopic (exact) mass is 281 g/mol. The molecule has 0 radical (unpaired) electrons. The summed E-state index contributed by atoms with van der Waals surface area (Å²) in [6.07, 6.45) is 1.84. The number of benzene rings is 1. The van der Waals surface area contributed by atoms with Crippen molar-refractivity contribution in [2.24, 2.45) is 5.73 Å². The molecule has 2 rings (SSSR count). The van der Waals surface area contributed by atoms with Gasteiger partial charge in [-0.15, -0.1) is 10.2 Å². The van der Waals surface area contributed by atoms with Crippen molar-refractivity contribution in [1.82, 2.24) is 10.2 Å². The van der Waals surface area contributed by atoms with Gasteiger partial charge in [-0.25, -0.2) is 8.42 Å². The van der Waals surface area contributed by atoms with Crippen molar-refractivity contribution in [3.05, 3.63) is 30.2 Å². The maximum absolute atomic E-state index is 11.5. The molecule has 0 aliphatic heterocycles. The van der Waals surface area contributed by atoms with Gasteiger partial charge in [-0.2, -0.15) is 0 Å². The summed E-state index contributed by atoms with van der Waals surface area (Å²) in [5.74, 6) is 0.617. The van der Waals surface area contributed by atoms with E-state index >= 15 is 0 Å². The molecule has 0 bridgehead atoms. The smallest absolute Gasteiger partial charge is 0.247 e. The fourth-order valence-electron chi connectivity index (χ4n) is 1.54. The van der Waals surface area contributed by atoms with Crippen LogP contribution in [0.4, 0.5) is 0 Å². The van der Waals surface area contributed by atoms with Crippen LogP contribution in [0.5, 0.6) is 0 Å². The molecule has 0 aliphatic rings. The van der Waals surface area contributed by atoms with Crippen molar-refractivity contribution in [2.75, 3.05) is 6.26 Å². The van der Waals surface area contributed by atoms with Crippen LogP contribution in [0.3, 0.4) is 0 Å². The largest absolute Gasteiger partial charge is 0.419 e. The average molecular weight is 281 g/mol. The van der Waals surface area contributed by atoms with Crippen molar-refractivity contribution in [1.29, 1.82) is 0 Å². The van der Waals surface area contributed by atoms with Gasteiger partial charge in [0.2, 0.25) is 11.8 Å². The van der Waals surface area contributed by atoms with E-state index in [4.69, 9.17) is 10.2 Å². The molecule has 102 valence electrons. The number of hydrogen-bond donors (Lipinski definition) is 1. The van der Waals surface area contributed by atoms with Crippen molar-refractivity contribution in [2.45, 2.75) is 24.3 Å². The quantitative estimate of drug-likeness (QED) is 0.912. The number of hydrogen-bond acceptors (Lipinski definition) is 6. The predicted molar refractivity (Wildman–Crippen MR) is 70.1 cm³/mol. The lowest BCUT2D eigenvalue weighted by atomic mass is 10.2. The summed E-state index contributed by atoms with van der Waals surface area (Å²) in [4.78, 5) is 0.213. The summed E-state index contributed by atoms with van der Waals surface area (Å²) < 4.78 is 28.4. The third kappa shape index (κ3) is 2.99. The first-order valence-electron chi connectivity index (χ1n) is 5.81. The summed E-state index contributed by atoms with van der Waals surface area (Å²) in [7, 11) is -3.26. The van der Waals surface area contributed by atoms with Crippen molar-refractivity contribution in [3.8, 4) is 11.5 Å². The Balaban J connectivity index is 2.40. The number of rotatable bonds is 4. The Morgan fingerprint density at radius 2 is 2.11 bits per heavy atom. The van der Waals surface area contributed by atoms with Crippen LogP contribution in [0.15, 0.2) is 33.6 Å². The molecule has 1 aromatic carbocycles. The molecule has 1 heterocycles. The fourth-order valence-corrected chi connectivity index (χ4v) is 2.20. The minimum absolute atomic E-state index is 0.213. The molecule has 0 spiro atoms. The maximum atomic E-state index is 11.5. The second-order valence-corrected chi connectivity index (χ2v) is 6.28. The van der Waals surface area contributed by atoms with Crippen LogP contribution >= 0.6 is 0 Å². The lowest BCUT2D eigenvalue weighted by Gasteiger charge is -2.01. The highest BCUT2D eigenvalue weighted by Crippen LogP contribution is 2.23. The van der Waals surface area contributed by atoms with Crippen LogP contribution in [-0.4, -0.2) is 24.9 Å². The lowest BCUT2D eigenvalue weighted by molar-refractivity contribution is 0.452. The minimum atomic E-state index is -3.26. The Morgan fingerprint density at radius 1 is 1.37 bits per heavy atom. The van der Waals surface area contributed by atoms with Gasteiger partial charge < -0.3 is 10.2 Å². The van der Waals surface area contributed by atoms with Crippen LogP contribution in [0.1, 0.15) is 25.3 Å². The maximum Gasteiger partial charge on any atom is 0.247 e. The van der Waals surface area contributed by atoms with E-state index in [2.05, 4.69) is 10.2 Å². The van der Waals surface area contributed by atoms with Gasteiger partial charge in [-0.05, 0) is 24.6 Å². The number of sulfone groups is 1. The van der Waals surface area contributed by atoms with Crippen molar-refractivity contribution < 1.29 is 12.8 Å². The zero-order chi connectivity index (χ0) is 14.0. The Bertz CT molecular complexity index is 679. The third-order valence-corrected chi connectivity index (χ3v) is 3.82. The molecule has 1 aromatic heterocycles. The summed E-state index contributed by atoms with van der Waals surface area (Å²) >= 11 is 0. The second-order valence-electron chi connectivity index (χ2n) is 4.26. The molecule has 2 aromatic rings. The van der Waals surface area contributed by atoms with Gasteiger partial charge in [0.1, 0.15) is 0 Å². The van der Waals surface area contributed by atoms with E-state index in [1.54, 1.807) is 12.1 Å². The fraction of sp³-hybridized carbons (Fsp3) is 0.333. The van der Waals surface area contributed by atoms with Gasteiger partial charge in [0.25, 0.3) is 0 Å². The van der Waals surface area contributed by atoms with E-state index in [-0.39, 0.29) is 16.8 Å². The average Bonchev–Trinajstić information content (AvgIpc) is 2.86. The van der Waals surface area contributed by atoms with Gasteiger partial charge in [-0.1, -0.05) is 13.0 Å². The van der Waals surface area contributed by atoms with E-state index in [1.807, 2.05) is 6.92 Å². The summed E-state index contributed by atoms with van der Waals surface area (Å²) in [5, 5.41) is 7.75. The highest BCUT2D eigenvalue weighted by atomic mass is 32.2. The van der Waals surface area contributed by atoms with Crippen LogP contribution in [0.2, 0.25) is 0 Å². The molecule has 0 saturated carbocycles. The lowest BCUT2D eigenvalue weighted by Crippen LogP contribution is -2.08. The first kappa shape index (κ1) is 13.7. The van der Waals surface area contributed by atoms with Gasteiger partial charge >= 0.3 is 0 Å². The van der Waals surface area contributed by atoms with Crippen molar-refractivity contribution in [3.63, 3.8) is 0 Å². The molecule has 1 unspecified atom stereocenters. The Kier molecular flexibility index (Phi) is 3.68. The second kappa shape index (κ2) is 5.10. The first-order chi connectivity index (χ1) is 8.91. The SMILES string of the molecule is CCC(N)c1nnc(-c2cccc(S(C)(=O)=O)c2)o1. The highest BCUT2D eigenvalue weighted by molar-refractivity contribution is 7.90. The zero-order valence-electron chi connectivity index (χ0n) is 10.7. The number of aromatic nitrogens is 2. The molecule has 7 heteroatoms. The molecule has 0 fully saturated rings. The highest BCUT2D eigenvalue weighted by Gasteiger charge is 2.15. The van der Waals surface area contributed by atoms with E-state index in [1.165, 1.54) is 12.1 Å².